The molecule has 0 fully saturated rings. The number of anilines is 1. The molecule has 3 rings (SSSR count). The first-order valence-electron chi connectivity index (χ1n) is 7.20. The van der Waals surface area contributed by atoms with E-state index in [1.807, 2.05) is 6.92 Å². The van der Waals surface area contributed by atoms with Gasteiger partial charge >= 0.3 is 0 Å². The molecule has 1 atom stereocenters. The molecule has 0 saturated carbocycles. The van der Waals surface area contributed by atoms with Gasteiger partial charge in [-0.2, -0.15) is 4.98 Å². The van der Waals surface area contributed by atoms with Crippen molar-refractivity contribution in [2.45, 2.75) is 31.0 Å². The van der Waals surface area contributed by atoms with E-state index in [4.69, 9.17) is 16.3 Å². The molecule has 10 heteroatoms. The monoisotopic (exact) mass is 378 g/mol. The Morgan fingerprint density at radius 2 is 2.12 bits per heavy atom. The summed E-state index contributed by atoms with van der Waals surface area (Å²) in [4.78, 5) is 14.1. The molecular formula is C14H14ClF3N4OS. The van der Waals surface area contributed by atoms with Crippen molar-refractivity contribution in [2.24, 2.45) is 0 Å². The van der Waals surface area contributed by atoms with Crippen LogP contribution < -0.4 is 9.64 Å². The Morgan fingerprint density at radius 3 is 2.79 bits per heavy atom. The minimum Gasteiger partial charge on any atom is -0.475 e. The predicted octanol–water partition coefficient (Wildman–Crippen LogP) is 3.78. The van der Waals surface area contributed by atoms with Crippen molar-refractivity contribution < 1.29 is 17.9 Å². The van der Waals surface area contributed by atoms with Crippen molar-refractivity contribution in [3.05, 3.63) is 11.0 Å². The van der Waals surface area contributed by atoms with Gasteiger partial charge in [-0.25, -0.2) is 23.1 Å². The minimum atomic E-state index is -2.45. The van der Waals surface area contributed by atoms with E-state index in [1.54, 1.807) is 11.2 Å². The second-order valence-electron chi connectivity index (χ2n) is 5.31. The second-order valence-corrected chi connectivity index (χ2v) is 6.44. The maximum Gasteiger partial charge on any atom is 0.240 e. The number of aromatic nitrogens is 3. The van der Waals surface area contributed by atoms with Crippen LogP contribution in [0, 0.1) is 5.82 Å². The fourth-order valence-corrected chi connectivity index (χ4v) is 3.07. The van der Waals surface area contributed by atoms with Gasteiger partial charge in [0.15, 0.2) is 16.1 Å². The van der Waals surface area contributed by atoms with Crippen molar-refractivity contribution in [1.29, 1.82) is 0 Å². The largest absolute Gasteiger partial charge is 0.475 e. The zero-order valence-corrected chi connectivity index (χ0v) is 14.5. The average Bonchev–Trinajstić information content (AvgIpc) is 2.68. The third kappa shape index (κ3) is 3.06. The van der Waals surface area contributed by atoms with Gasteiger partial charge < -0.3 is 9.64 Å². The SMILES string of the molecule is CSc1nc2c3c(nc(Cl)c(F)c3n1)OC[C@H](C)N2CCC(F)F. The van der Waals surface area contributed by atoms with E-state index < -0.39 is 12.2 Å². The van der Waals surface area contributed by atoms with Crippen LogP contribution in [0.4, 0.5) is 19.0 Å². The molecule has 0 saturated heterocycles. The summed E-state index contributed by atoms with van der Waals surface area (Å²) < 4.78 is 45.4. The lowest BCUT2D eigenvalue weighted by Crippen LogP contribution is -2.38. The molecule has 0 aliphatic carbocycles. The van der Waals surface area contributed by atoms with Gasteiger partial charge in [-0.1, -0.05) is 23.4 Å². The lowest BCUT2D eigenvalue weighted by atomic mass is 10.2. The Bertz CT molecular complexity index is 780. The fourth-order valence-electron chi connectivity index (χ4n) is 2.54. The van der Waals surface area contributed by atoms with Gasteiger partial charge in [-0.05, 0) is 13.2 Å². The summed E-state index contributed by atoms with van der Waals surface area (Å²) in [7, 11) is 0. The summed E-state index contributed by atoms with van der Waals surface area (Å²) in [6, 6.07) is -0.243. The van der Waals surface area contributed by atoms with E-state index in [1.165, 1.54) is 11.8 Å². The number of hydrogen-bond donors (Lipinski definition) is 0. The van der Waals surface area contributed by atoms with Crippen molar-refractivity contribution in [2.75, 3.05) is 24.3 Å². The van der Waals surface area contributed by atoms with Crippen LogP contribution in [-0.2, 0) is 0 Å². The molecule has 0 unspecified atom stereocenters. The van der Waals surface area contributed by atoms with Crippen LogP contribution in [0.25, 0.3) is 10.9 Å². The Balaban J connectivity index is 2.25. The summed E-state index contributed by atoms with van der Waals surface area (Å²) in [5, 5.41) is 0.233. The smallest absolute Gasteiger partial charge is 0.240 e. The van der Waals surface area contributed by atoms with Gasteiger partial charge in [-0.15, -0.1) is 0 Å². The van der Waals surface area contributed by atoms with Crippen LogP contribution in [0.2, 0.25) is 5.15 Å². The fraction of sp³-hybridized carbons (Fsp3) is 0.500. The van der Waals surface area contributed by atoms with Gasteiger partial charge in [0, 0.05) is 13.0 Å². The number of ether oxygens (including phenoxy) is 1. The zero-order valence-electron chi connectivity index (χ0n) is 12.9. The van der Waals surface area contributed by atoms with Gasteiger partial charge in [0.05, 0.1) is 6.04 Å². The summed E-state index contributed by atoms with van der Waals surface area (Å²) >= 11 is 7.05. The second kappa shape index (κ2) is 6.79. The number of thioether (sulfide) groups is 1. The normalized spacial score (nSPS) is 17.3. The zero-order chi connectivity index (χ0) is 17.4. The molecule has 0 spiro atoms. The van der Waals surface area contributed by atoms with Crippen molar-refractivity contribution in [1.82, 2.24) is 15.0 Å². The Morgan fingerprint density at radius 1 is 1.38 bits per heavy atom. The van der Waals surface area contributed by atoms with Crippen molar-refractivity contribution >= 4 is 40.1 Å². The number of halogens is 4. The van der Waals surface area contributed by atoms with Crippen LogP contribution in [0.1, 0.15) is 13.3 Å². The van der Waals surface area contributed by atoms with E-state index in [0.717, 1.165) is 0 Å². The molecule has 130 valence electrons. The topological polar surface area (TPSA) is 51.1 Å². The van der Waals surface area contributed by atoms with Crippen molar-refractivity contribution in [3.8, 4) is 5.88 Å². The van der Waals surface area contributed by atoms with Crippen molar-refractivity contribution in [3.63, 3.8) is 0 Å². The van der Waals surface area contributed by atoms with Gasteiger partial charge in [0.2, 0.25) is 12.3 Å². The van der Waals surface area contributed by atoms with Crippen LogP contribution in [-0.4, -0.2) is 46.8 Å². The highest BCUT2D eigenvalue weighted by Crippen LogP contribution is 2.38. The van der Waals surface area contributed by atoms with Crippen LogP contribution in [0.15, 0.2) is 5.16 Å². The highest BCUT2D eigenvalue weighted by molar-refractivity contribution is 7.98. The molecule has 0 N–H and O–H groups in total. The van der Waals surface area contributed by atoms with E-state index in [9.17, 15) is 13.2 Å². The van der Waals surface area contributed by atoms with Crippen LogP contribution in [0.3, 0.4) is 0 Å². The molecule has 0 aromatic carbocycles. The first kappa shape index (κ1) is 17.3. The highest BCUT2D eigenvalue weighted by atomic mass is 35.5. The summed E-state index contributed by atoms with van der Waals surface area (Å²) in [6.07, 6.45) is -1.03. The molecule has 1 aliphatic heterocycles. The molecular weight excluding hydrogens is 365 g/mol. The van der Waals surface area contributed by atoms with Gasteiger partial charge in [-0.3, -0.25) is 0 Å². The quantitative estimate of drug-likeness (QED) is 0.458. The lowest BCUT2D eigenvalue weighted by molar-refractivity contribution is 0.138. The first-order chi connectivity index (χ1) is 11.4. The Kier molecular flexibility index (Phi) is 4.91. The standard InChI is InChI=1S/C14H14ClF3N4OS/c1-6-5-23-13-8-10(9(18)11(15)20-13)19-14(24-2)21-12(8)22(6)4-3-7(16)17/h6-7H,3-5H2,1-2H3/t6-/m0/s1. The number of pyridine rings is 1. The van der Waals surface area contributed by atoms with Gasteiger partial charge in [0.25, 0.3) is 0 Å². The molecule has 1 aliphatic rings. The lowest BCUT2D eigenvalue weighted by Gasteiger charge is -2.28. The predicted molar refractivity (Wildman–Crippen MR) is 87.0 cm³/mol. The molecule has 24 heavy (non-hydrogen) atoms. The van der Waals surface area contributed by atoms with E-state index in [2.05, 4.69) is 15.0 Å². The molecule has 2 aromatic rings. The molecule has 0 radical (unpaired) electrons. The maximum absolute atomic E-state index is 14.4. The molecule has 0 bridgehead atoms. The summed E-state index contributed by atoms with van der Waals surface area (Å²) in [5.74, 6) is -0.320. The van der Waals surface area contributed by atoms with E-state index in [0.29, 0.717) is 11.0 Å². The highest BCUT2D eigenvalue weighted by Gasteiger charge is 2.30. The number of hydrogen-bond acceptors (Lipinski definition) is 6. The number of nitrogens with zero attached hydrogens (tertiary/aromatic N) is 4. The van der Waals surface area contributed by atoms with Gasteiger partial charge in [0.1, 0.15) is 23.3 Å². The summed E-state index contributed by atoms with van der Waals surface area (Å²) in [6.45, 7) is 2.08. The van der Waals surface area contributed by atoms with Crippen LogP contribution >= 0.6 is 23.4 Å². The van der Waals surface area contributed by atoms with Crippen LogP contribution in [0.5, 0.6) is 5.88 Å². The molecule has 5 nitrogen and oxygen atoms in total. The maximum atomic E-state index is 14.4. The average molecular weight is 379 g/mol. The third-order valence-electron chi connectivity index (χ3n) is 3.71. The first-order valence-corrected chi connectivity index (χ1v) is 8.81. The van der Waals surface area contributed by atoms with E-state index in [-0.39, 0.29) is 47.6 Å². The molecule has 2 aromatic heterocycles. The Hall–Kier alpha value is -1.48. The summed E-state index contributed by atoms with van der Waals surface area (Å²) in [5.41, 5.74) is -0.0181. The number of alkyl halides is 2. The molecule has 0 amide bonds. The third-order valence-corrected chi connectivity index (χ3v) is 4.51. The Labute approximate surface area is 145 Å². The number of rotatable bonds is 4. The minimum absolute atomic E-state index is 0.0181. The van der Waals surface area contributed by atoms with E-state index >= 15 is 0 Å². The molecule has 3 heterocycles.